The van der Waals surface area contributed by atoms with Gasteiger partial charge in [0.25, 0.3) is 0 Å². The first-order chi connectivity index (χ1) is 9.47. The molecule has 1 heterocycles. The van der Waals surface area contributed by atoms with E-state index in [-0.39, 0.29) is 17.8 Å². The largest absolute Gasteiger partial charge is 0.393 e. The van der Waals surface area contributed by atoms with Crippen LogP contribution in [-0.2, 0) is 4.79 Å². The molecule has 3 nitrogen and oxygen atoms in total. The number of aliphatic hydroxyl groups is 1. The van der Waals surface area contributed by atoms with Crippen LogP contribution in [0.3, 0.4) is 0 Å². The minimum Gasteiger partial charge on any atom is -0.393 e. The van der Waals surface area contributed by atoms with E-state index in [0.29, 0.717) is 16.6 Å². The predicted molar refractivity (Wildman–Crippen MR) is 81.6 cm³/mol. The maximum absolute atomic E-state index is 11.9. The Kier molecular flexibility index (Phi) is 5.44. The van der Waals surface area contributed by atoms with E-state index in [1.807, 2.05) is 6.07 Å². The number of Topliss-reactive ketones (excluding diaryl/α,β-unsaturated/α-hetero) is 1. The third-order valence-electron chi connectivity index (χ3n) is 3.83. The Balaban J connectivity index is 2.10. The van der Waals surface area contributed by atoms with Gasteiger partial charge in [-0.25, -0.2) is 0 Å². The molecular formula is C15H19Cl2NO2. The van der Waals surface area contributed by atoms with Crippen molar-refractivity contribution in [3.63, 3.8) is 0 Å². The first-order valence-corrected chi connectivity index (χ1v) is 7.59. The number of benzene rings is 1. The Morgan fingerprint density at radius 2 is 2.00 bits per heavy atom. The number of halogens is 2. The van der Waals surface area contributed by atoms with Gasteiger partial charge in [0.1, 0.15) is 5.78 Å². The molecule has 1 fully saturated rings. The van der Waals surface area contributed by atoms with Crippen molar-refractivity contribution in [1.82, 2.24) is 4.90 Å². The molecule has 1 aromatic carbocycles. The maximum atomic E-state index is 11.9. The third kappa shape index (κ3) is 3.95. The predicted octanol–water partition coefficient (Wildman–Crippen LogP) is 3.12. The number of piperidine rings is 1. The summed E-state index contributed by atoms with van der Waals surface area (Å²) < 4.78 is 0. The molecule has 1 aliphatic rings. The lowest BCUT2D eigenvalue weighted by molar-refractivity contribution is -0.119. The van der Waals surface area contributed by atoms with Gasteiger partial charge in [0.2, 0.25) is 0 Å². The zero-order valence-electron chi connectivity index (χ0n) is 11.5. The van der Waals surface area contributed by atoms with Crippen molar-refractivity contribution in [3.8, 4) is 0 Å². The molecule has 110 valence electrons. The van der Waals surface area contributed by atoms with E-state index >= 15 is 0 Å². The van der Waals surface area contributed by atoms with Crippen LogP contribution < -0.4 is 0 Å². The number of carbonyl (C=O) groups excluding carboxylic acids is 1. The van der Waals surface area contributed by atoms with E-state index in [2.05, 4.69) is 4.90 Å². The Labute approximate surface area is 129 Å². The van der Waals surface area contributed by atoms with Crippen LogP contribution >= 0.6 is 23.2 Å². The fourth-order valence-corrected chi connectivity index (χ4v) is 2.86. The molecule has 0 aliphatic carbocycles. The average Bonchev–Trinajstić information content (AvgIpc) is 2.41. The zero-order chi connectivity index (χ0) is 14.7. The van der Waals surface area contributed by atoms with Gasteiger partial charge < -0.3 is 10.0 Å². The lowest BCUT2D eigenvalue weighted by Gasteiger charge is -2.32. The molecule has 1 atom stereocenters. The average molecular weight is 316 g/mol. The Morgan fingerprint density at radius 1 is 1.35 bits per heavy atom. The molecule has 1 unspecified atom stereocenters. The number of hydrogen-bond acceptors (Lipinski definition) is 3. The van der Waals surface area contributed by atoms with Gasteiger partial charge in [0.05, 0.1) is 22.1 Å². The second-order valence-corrected chi connectivity index (χ2v) is 6.18. The summed E-state index contributed by atoms with van der Waals surface area (Å²) in [4.78, 5) is 14.2. The van der Waals surface area contributed by atoms with Crippen LogP contribution in [0.15, 0.2) is 18.2 Å². The molecule has 1 aromatic rings. The summed E-state index contributed by atoms with van der Waals surface area (Å²) in [6.45, 7) is 3.92. The number of nitrogens with zero attached hydrogens (tertiary/aromatic N) is 1. The Morgan fingerprint density at radius 3 is 2.55 bits per heavy atom. The van der Waals surface area contributed by atoms with Crippen LogP contribution in [0.5, 0.6) is 0 Å². The highest BCUT2D eigenvalue weighted by molar-refractivity contribution is 6.42. The number of aliphatic hydroxyl groups excluding tert-OH is 1. The minimum atomic E-state index is -0.202. The van der Waals surface area contributed by atoms with E-state index in [0.717, 1.165) is 31.5 Å². The first kappa shape index (κ1) is 15.8. The second-order valence-electron chi connectivity index (χ2n) is 5.37. The zero-order valence-corrected chi connectivity index (χ0v) is 13.0. The van der Waals surface area contributed by atoms with Gasteiger partial charge in [0.15, 0.2) is 0 Å². The third-order valence-corrected chi connectivity index (χ3v) is 4.57. The van der Waals surface area contributed by atoms with Gasteiger partial charge in [-0.15, -0.1) is 0 Å². The molecule has 0 saturated carbocycles. The Bertz CT molecular complexity index is 485. The topological polar surface area (TPSA) is 40.5 Å². The van der Waals surface area contributed by atoms with Crippen molar-refractivity contribution in [2.75, 3.05) is 19.6 Å². The summed E-state index contributed by atoms with van der Waals surface area (Å²) in [5.74, 6) is -0.0745. The lowest BCUT2D eigenvalue weighted by atomic mass is 9.94. The SMILES string of the molecule is CC(=O)C(CN1CCC(O)CC1)c1ccc(Cl)c(Cl)c1. The van der Waals surface area contributed by atoms with E-state index in [1.54, 1.807) is 19.1 Å². The van der Waals surface area contributed by atoms with Crippen LogP contribution in [-0.4, -0.2) is 41.5 Å². The number of likely N-dealkylation sites (tertiary alicyclic amines) is 1. The monoisotopic (exact) mass is 315 g/mol. The van der Waals surface area contributed by atoms with Gasteiger partial charge in [-0.1, -0.05) is 29.3 Å². The molecule has 1 aliphatic heterocycles. The fraction of sp³-hybridized carbons (Fsp3) is 0.533. The molecule has 0 amide bonds. The van der Waals surface area contributed by atoms with Crippen molar-refractivity contribution < 1.29 is 9.90 Å². The normalized spacial score (nSPS) is 19.0. The Hall–Kier alpha value is -0.610. The van der Waals surface area contributed by atoms with Gasteiger partial charge in [-0.2, -0.15) is 0 Å². The van der Waals surface area contributed by atoms with Crippen LogP contribution in [0.25, 0.3) is 0 Å². The molecular weight excluding hydrogens is 297 g/mol. The van der Waals surface area contributed by atoms with Gasteiger partial charge in [-0.3, -0.25) is 4.79 Å². The standard InChI is InChI=1S/C15H19Cl2NO2/c1-10(19)13(9-18-6-4-12(20)5-7-18)11-2-3-14(16)15(17)8-11/h2-3,8,12-13,20H,4-7,9H2,1H3. The number of rotatable bonds is 4. The number of ketones is 1. The summed E-state index contributed by atoms with van der Waals surface area (Å²) in [5.41, 5.74) is 0.901. The van der Waals surface area contributed by atoms with Gasteiger partial charge in [-0.05, 0) is 37.5 Å². The van der Waals surface area contributed by atoms with Crippen molar-refractivity contribution >= 4 is 29.0 Å². The smallest absolute Gasteiger partial charge is 0.138 e. The highest BCUT2D eigenvalue weighted by Gasteiger charge is 2.24. The first-order valence-electron chi connectivity index (χ1n) is 6.83. The molecule has 0 spiro atoms. The van der Waals surface area contributed by atoms with Crippen LogP contribution in [0.4, 0.5) is 0 Å². The summed E-state index contributed by atoms with van der Waals surface area (Å²) in [6.07, 6.45) is 1.34. The van der Waals surface area contributed by atoms with Crippen molar-refractivity contribution in [3.05, 3.63) is 33.8 Å². The molecule has 0 aromatic heterocycles. The highest BCUT2D eigenvalue weighted by Crippen LogP contribution is 2.28. The lowest BCUT2D eigenvalue weighted by Crippen LogP contribution is -2.39. The van der Waals surface area contributed by atoms with E-state index in [9.17, 15) is 9.90 Å². The molecule has 5 heteroatoms. The number of carbonyl (C=O) groups is 1. The van der Waals surface area contributed by atoms with E-state index in [4.69, 9.17) is 23.2 Å². The summed E-state index contributed by atoms with van der Waals surface area (Å²) in [5, 5.41) is 10.5. The van der Waals surface area contributed by atoms with Crippen LogP contribution in [0.1, 0.15) is 31.2 Å². The highest BCUT2D eigenvalue weighted by atomic mass is 35.5. The van der Waals surface area contributed by atoms with Gasteiger partial charge >= 0.3 is 0 Å². The second kappa shape index (κ2) is 6.90. The van der Waals surface area contributed by atoms with Crippen LogP contribution in [0, 0.1) is 0 Å². The van der Waals surface area contributed by atoms with Crippen LogP contribution in [0.2, 0.25) is 10.0 Å². The van der Waals surface area contributed by atoms with E-state index in [1.165, 1.54) is 0 Å². The molecule has 0 bridgehead atoms. The molecule has 0 radical (unpaired) electrons. The van der Waals surface area contributed by atoms with E-state index < -0.39 is 0 Å². The summed E-state index contributed by atoms with van der Waals surface area (Å²) in [6, 6.07) is 5.36. The van der Waals surface area contributed by atoms with Crippen molar-refractivity contribution in [2.24, 2.45) is 0 Å². The summed E-state index contributed by atoms with van der Waals surface area (Å²) in [7, 11) is 0. The molecule has 20 heavy (non-hydrogen) atoms. The minimum absolute atomic E-state index is 0.120. The molecule has 2 rings (SSSR count). The quantitative estimate of drug-likeness (QED) is 0.928. The fourth-order valence-electron chi connectivity index (χ4n) is 2.56. The van der Waals surface area contributed by atoms with Crippen molar-refractivity contribution in [2.45, 2.75) is 31.8 Å². The van der Waals surface area contributed by atoms with Crippen molar-refractivity contribution in [1.29, 1.82) is 0 Å². The molecule has 1 saturated heterocycles. The summed E-state index contributed by atoms with van der Waals surface area (Å²) >= 11 is 12.0. The maximum Gasteiger partial charge on any atom is 0.138 e. The van der Waals surface area contributed by atoms with Gasteiger partial charge in [0, 0.05) is 19.6 Å². The molecule has 1 N–H and O–H groups in total. The number of hydrogen-bond donors (Lipinski definition) is 1.